The first-order valence-electron chi connectivity index (χ1n) is 10.9. The standard InChI is InChI=1S/C24H30N4O3S/c1-17-3-5-19(6-4-17)26-24(30)15-28-11-9-27(10-12-28)14-20(29)16-31-21-7-8-23-22(13-21)25-18(2)32-23/h3-8,13,20,29H,9-12,14-16H2,1-2H3,(H,26,30)/t20-/m0/s1. The molecule has 0 bridgehead atoms. The molecular formula is C24H30N4O3S. The van der Waals surface area contributed by atoms with Gasteiger partial charge in [-0.15, -0.1) is 11.3 Å². The van der Waals surface area contributed by atoms with Crippen LogP contribution in [0.15, 0.2) is 42.5 Å². The Labute approximate surface area is 192 Å². The fourth-order valence-corrected chi connectivity index (χ4v) is 4.63. The molecule has 2 aromatic carbocycles. The Morgan fingerprint density at radius 1 is 1.12 bits per heavy atom. The zero-order chi connectivity index (χ0) is 22.5. The summed E-state index contributed by atoms with van der Waals surface area (Å²) in [5.41, 5.74) is 2.93. The number of rotatable bonds is 8. The first kappa shape index (κ1) is 22.7. The molecule has 7 nitrogen and oxygen atoms in total. The van der Waals surface area contributed by atoms with Gasteiger partial charge in [-0.3, -0.25) is 14.6 Å². The number of aliphatic hydroxyl groups is 1. The number of β-amino-alcohol motifs (C(OH)–C–C–N with tert-alkyl or cyclic N) is 1. The van der Waals surface area contributed by atoms with Crippen molar-refractivity contribution in [3.8, 4) is 5.75 Å². The lowest BCUT2D eigenvalue weighted by Gasteiger charge is -2.35. The number of thiazole rings is 1. The lowest BCUT2D eigenvalue weighted by atomic mass is 10.2. The highest BCUT2D eigenvalue weighted by molar-refractivity contribution is 7.18. The van der Waals surface area contributed by atoms with Gasteiger partial charge in [0.15, 0.2) is 0 Å². The van der Waals surface area contributed by atoms with Crippen LogP contribution in [0, 0.1) is 13.8 Å². The van der Waals surface area contributed by atoms with Gasteiger partial charge in [0.2, 0.25) is 5.91 Å². The second-order valence-electron chi connectivity index (χ2n) is 8.32. The first-order chi connectivity index (χ1) is 15.4. The Balaban J connectivity index is 1.16. The molecule has 1 fully saturated rings. The van der Waals surface area contributed by atoms with E-state index in [1.165, 1.54) is 5.56 Å². The predicted octanol–water partition coefficient (Wildman–Crippen LogP) is 2.91. The average Bonchev–Trinajstić information content (AvgIpc) is 3.14. The second-order valence-corrected chi connectivity index (χ2v) is 9.55. The SMILES string of the molecule is Cc1ccc(NC(=O)CN2CCN(C[C@H](O)COc3ccc4sc(C)nc4c3)CC2)cc1. The Morgan fingerprint density at radius 3 is 2.59 bits per heavy atom. The fourth-order valence-electron chi connectivity index (χ4n) is 3.83. The van der Waals surface area contributed by atoms with Gasteiger partial charge in [-0.05, 0) is 38.1 Å². The number of amides is 1. The zero-order valence-corrected chi connectivity index (χ0v) is 19.4. The molecule has 0 aliphatic carbocycles. The number of aryl methyl sites for hydroxylation is 2. The number of nitrogens with one attached hydrogen (secondary N) is 1. The number of aliphatic hydroxyl groups excluding tert-OH is 1. The van der Waals surface area contributed by atoms with Crippen LogP contribution in [-0.4, -0.2) is 77.8 Å². The van der Waals surface area contributed by atoms with Crippen molar-refractivity contribution in [1.82, 2.24) is 14.8 Å². The summed E-state index contributed by atoms with van der Waals surface area (Å²) in [6, 6.07) is 13.7. The number of carbonyl (C=O) groups excluding carboxylic acids is 1. The van der Waals surface area contributed by atoms with E-state index in [1.54, 1.807) is 11.3 Å². The normalized spacial score (nSPS) is 16.2. The molecule has 2 N–H and O–H groups in total. The van der Waals surface area contributed by atoms with Crippen LogP contribution in [0.5, 0.6) is 5.75 Å². The number of aromatic nitrogens is 1. The van der Waals surface area contributed by atoms with E-state index >= 15 is 0 Å². The smallest absolute Gasteiger partial charge is 0.238 e. The molecular weight excluding hydrogens is 424 g/mol. The number of nitrogens with zero attached hydrogens (tertiary/aromatic N) is 3. The van der Waals surface area contributed by atoms with Crippen LogP contribution in [0.25, 0.3) is 10.2 Å². The van der Waals surface area contributed by atoms with E-state index in [0.717, 1.165) is 52.8 Å². The molecule has 1 aliphatic heterocycles. The van der Waals surface area contributed by atoms with Crippen LogP contribution in [0.3, 0.4) is 0 Å². The Morgan fingerprint density at radius 2 is 1.84 bits per heavy atom. The van der Waals surface area contributed by atoms with Crippen molar-refractivity contribution >= 4 is 33.1 Å². The Bertz CT molecular complexity index is 1050. The molecule has 1 atom stereocenters. The molecule has 1 amide bonds. The second kappa shape index (κ2) is 10.4. The quantitative estimate of drug-likeness (QED) is 0.545. The van der Waals surface area contributed by atoms with Crippen LogP contribution in [-0.2, 0) is 4.79 Å². The van der Waals surface area contributed by atoms with Gasteiger partial charge in [-0.25, -0.2) is 4.98 Å². The third kappa shape index (κ3) is 6.26. The first-order valence-corrected chi connectivity index (χ1v) is 11.8. The molecule has 4 rings (SSSR count). The number of fused-ring (bicyclic) bond motifs is 1. The van der Waals surface area contributed by atoms with Gasteiger partial charge >= 0.3 is 0 Å². The van der Waals surface area contributed by atoms with Gasteiger partial charge in [-0.1, -0.05) is 17.7 Å². The summed E-state index contributed by atoms with van der Waals surface area (Å²) in [6.45, 7) is 8.43. The topological polar surface area (TPSA) is 77.9 Å². The molecule has 0 radical (unpaired) electrons. The Kier molecular flexibility index (Phi) is 7.36. The third-order valence-corrected chi connectivity index (χ3v) is 6.50. The van der Waals surface area contributed by atoms with Crippen molar-refractivity contribution in [2.24, 2.45) is 0 Å². The zero-order valence-electron chi connectivity index (χ0n) is 18.6. The van der Waals surface area contributed by atoms with Gasteiger partial charge in [0.25, 0.3) is 0 Å². The monoisotopic (exact) mass is 454 g/mol. The molecule has 170 valence electrons. The summed E-state index contributed by atoms with van der Waals surface area (Å²) < 4.78 is 6.93. The van der Waals surface area contributed by atoms with Crippen LogP contribution in [0.1, 0.15) is 10.6 Å². The molecule has 0 spiro atoms. The van der Waals surface area contributed by atoms with E-state index in [0.29, 0.717) is 13.1 Å². The molecule has 0 unspecified atom stereocenters. The van der Waals surface area contributed by atoms with Crippen molar-refractivity contribution in [3.05, 3.63) is 53.0 Å². The van der Waals surface area contributed by atoms with E-state index in [4.69, 9.17) is 4.74 Å². The molecule has 1 aromatic heterocycles. The number of hydrogen-bond donors (Lipinski definition) is 2. The minimum atomic E-state index is -0.570. The Hall–Kier alpha value is -2.52. The summed E-state index contributed by atoms with van der Waals surface area (Å²) in [5.74, 6) is 0.731. The molecule has 3 aromatic rings. The number of anilines is 1. The van der Waals surface area contributed by atoms with Crippen LogP contribution in [0.4, 0.5) is 5.69 Å². The summed E-state index contributed by atoms with van der Waals surface area (Å²) in [6.07, 6.45) is -0.570. The van der Waals surface area contributed by atoms with Crippen molar-refractivity contribution < 1.29 is 14.6 Å². The summed E-state index contributed by atoms with van der Waals surface area (Å²) in [7, 11) is 0. The van der Waals surface area contributed by atoms with Crippen molar-refractivity contribution in [2.45, 2.75) is 20.0 Å². The maximum atomic E-state index is 12.3. The van der Waals surface area contributed by atoms with Crippen molar-refractivity contribution in [1.29, 1.82) is 0 Å². The molecule has 8 heteroatoms. The van der Waals surface area contributed by atoms with Gasteiger partial charge in [0.05, 0.1) is 21.8 Å². The van der Waals surface area contributed by atoms with E-state index in [-0.39, 0.29) is 12.5 Å². The lowest BCUT2D eigenvalue weighted by molar-refractivity contribution is -0.117. The summed E-state index contributed by atoms with van der Waals surface area (Å²) in [5, 5.41) is 14.4. The molecule has 32 heavy (non-hydrogen) atoms. The maximum Gasteiger partial charge on any atom is 0.238 e. The van der Waals surface area contributed by atoms with E-state index in [1.807, 2.05) is 56.3 Å². The van der Waals surface area contributed by atoms with Crippen molar-refractivity contribution in [2.75, 3.05) is 51.2 Å². The van der Waals surface area contributed by atoms with E-state index in [9.17, 15) is 9.90 Å². The molecule has 2 heterocycles. The number of piperazine rings is 1. The summed E-state index contributed by atoms with van der Waals surface area (Å²) in [4.78, 5) is 21.1. The molecule has 0 saturated carbocycles. The lowest BCUT2D eigenvalue weighted by Crippen LogP contribution is -2.50. The van der Waals surface area contributed by atoms with E-state index < -0.39 is 6.10 Å². The average molecular weight is 455 g/mol. The van der Waals surface area contributed by atoms with Gasteiger partial charge in [0, 0.05) is 44.5 Å². The van der Waals surface area contributed by atoms with Gasteiger partial charge < -0.3 is 15.2 Å². The minimum absolute atomic E-state index is 0.00279. The van der Waals surface area contributed by atoms with Crippen LogP contribution >= 0.6 is 11.3 Å². The van der Waals surface area contributed by atoms with E-state index in [2.05, 4.69) is 20.1 Å². The largest absolute Gasteiger partial charge is 0.491 e. The van der Waals surface area contributed by atoms with Crippen molar-refractivity contribution in [3.63, 3.8) is 0 Å². The number of ether oxygens (including phenoxy) is 1. The number of benzene rings is 2. The molecule has 1 saturated heterocycles. The highest BCUT2D eigenvalue weighted by atomic mass is 32.1. The minimum Gasteiger partial charge on any atom is -0.491 e. The molecule has 1 aliphatic rings. The van der Waals surface area contributed by atoms with Gasteiger partial charge in [0.1, 0.15) is 18.5 Å². The maximum absolute atomic E-state index is 12.3. The highest BCUT2D eigenvalue weighted by Crippen LogP contribution is 2.25. The third-order valence-electron chi connectivity index (χ3n) is 5.54. The van der Waals surface area contributed by atoms with Gasteiger partial charge in [-0.2, -0.15) is 0 Å². The predicted molar refractivity (Wildman–Crippen MR) is 129 cm³/mol. The highest BCUT2D eigenvalue weighted by Gasteiger charge is 2.21. The van der Waals surface area contributed by atoms with Crippen LogP contribution in [0.2, 0.25) is 0 Å². The number of carbonyl (C=O) groups is 1. The number of hydrogen-bond acceptors (Lipinski definition) is 7. The summed E-state index contributed by atoms with van der Waals surface area (Å²) >= 11 is 1.66. The van der Waals surface area contributed by atoms with Crippen LogP contribution < -0.4 is 10.1 Å². The fraction of sp³-hybridized carbons (Fsp3) is 0.417.